The summed E-state index contributed by atoms with van der Waals surface area (Å²) in [5.74, 6) is 0. The van der Waals surface area contributed by atoms with Crippen molar-refractivity contribution in [3.05, 3.63) is 18.0 Å². The summed E-state index contributed by atoms with van der Waals surface area (Å²) in [5.41, 5.74) is 1.11. The molecular weight excluding hydrogens is 226 g/mol. The van der Waals surface area contributed by atoms with Gasteiger partial charge < -0.3 is 10.4 Å². The number of hydrogen-bond acceptors (Lipinski definition) is 3. The van der Waals surface area contributed by atoms with E-state index in [2.05, 4.69) is 41.2 Å². The van der Waals surface area contributed by atoms with E-state index in [1.54, 1.807) is 0 Å². The monoisotopic (exact) mass is 253 g/mol. The van der Waals surface area contributed by atoms with E-state index in [0.29, 0.717) is 12.6 Å². The van der Waals surface area contributed by atoms with E-state index in [1.807, 2.05) is 0 Å². The Morgan fingerprint density at radius 1 is 1.28 bits per heavy atom. The third-order valence-electron chi connectivity index (χ3n) is 3.30. The van der Waals surface area contributed by atoms with Crippen LogP contribution >= 0.6 is 0 Å². The summed E-state index contributed by atoms with van der Waals surface area (Å²) in [5, 5.41) is 16.7. The Kier molecular flexibility index (Phi) is 7.69. The first-order chi connectivity index (χ1) is 8.81. The van der Waals surface area contributed by atoms with Gasteiger partial charge in [0.15, 0.2) is 0 Å². The third-order valence-corrected chi connectivity index (χ3v) is 3.30. The molecule has 0 atom stereocenters. The highest BCUT2D eigenvalue weighted by atomic mass is 16.2. The molecule has 0 saturated heterocycles. The van der Waals surface area contributed by atoms with Crippen molar-refractivity contribution in [2.75, 3.05) is 13.2 Å². The number of nitrogens with zero attached hydrogens (tertiary/aromatic N) is 2. The molecular formula is C14H27N3O. The van der Waals surface area contributed by atoms with Crippen molar-refractivity contribution in [1.82, 2.24) is 15.1 Å². The number of aliphatic hydroxyl groups is 1. The molecule has 4 nitrogen and oxygen atoms in total. The summed E-state index contributed by atoms with van der Waals surface area (Å²) in [6, 6.07) is 2.63. The molecule has 1 heterocycles. The van der Waals surface area contributed by atoms with Crippen molar-refractivity contribution in [2.45, 2.75) is 58.5 Å². The van der Waals surface area contributed by atoms with Crippen LogP contribution in [0.2, 0.25) is 0 Å². The topological polar surface area (TPSA) is 50.1 Å². The predicted molar refractivity (Wildman–Crippen MR) is 74.5 cm³/mol. The Balaban J connectivity index is 2.23. The fourth-order valence-corrected chi connectivity index (χ4v) is 2.09. The molecule has 0 fully saturated rings. The lowest BCUT2D eigenvalue weighted by Crippen LogP contribution is -2.16. The first kappa shape index (κ1) is 15.2. The SMILES string of the molecule is CCC(CC)n1ccc(CNCCCCCO)n1. The molecule has 0 aliphatic carbocycles. The second kappa shape index (κ2) is 9.11. The number of aliphatic hydroxyl groups excluding tert-OH is 1. The van der Waals surface area contributed by atoms with Crippen LogP contribution in [-0.4, -0.2) is 28.0 Å². The van der Waals surface area contributed by atoms with Gasteiger partial charge in [-0.05, 0) is 44.7 Å². The largest absolute Gasteiger partial charge is 0.396 e. The van der Waals surface area contributed by atoms with Crippen LogP contribution in [-0.2, 0) is 6.54 Å². The number of hydrogen-bond donors (Lipinski definition) is 2. The smallest absolute Gasteiger partial charge is 0.0762 e. The number of aromatic nitrogens is 2. The van der Waals surface area contributed by atoms with Crippen LogP contribution < -0.4 is 5.32 Å². The van der Waals surface area contributed by atoms with Gasteiger partial charge in [-0.25, -0.2) is 0 Å². The van der Waals surface area contributed by atoms with Crippen LogP contribution in [0, 0.1) is 0 Å². The van der Waals surface area contributed by atoms with Gasteiger partial charge in [0.25, 0.3) is 0 Å². The molecule has 0 aromatic carbocycles. The summed E-state index contributed by atoms with van der Waals surface area (Å²) in [7, 11) is 0. The van der Waals surface area contributed by atoms with Gasteiger partial charge in [0, 0.05) is 19.3 Å². The lowest BCUT2D eigenvalue weighted by atomic mass is 10.2. The first-order valence-corrected chi connectivity index (χ1v) is 7.17. The second-order valence-corrected chi connectivity index (χ2v) is 4.72. The molecule has 2 N–H and O–H groups in total. The highest BCUT2D eigenvalue weighted by Gasteiger charge is 2.07. The van der Waals surface area contributed by atoms with E-state index in [1.165, 1.54) is 0 Å². The summed E-state index contributed by atoms with van der Waals surface area (Å²) >= 11 is 0. The Morgan fingerprint density at radius 2 is 2.06 bits per heavy atom. The predicted octanol–water partition coefficient (Wildman–Crippen LogP) is 2.50. The standard InChI is InChI=1S/C14H27N3O/c1-3-14(4-2)17-10-8-13(16-17)12-15-9-6-5-7-11-18/h8,10,14-15,18H,3-7,9,11-12H2,1-2H3. The number of nitrogens with one attached hydrogen (secondary N) is 1. The van der Waals surface area contributed by atoms with E-state index in [-0.39, 0.29) is 0 Å². The fourth-order valence-electron chi connectivity index (χ4n) is 2.09. The van der Waals surface area contributed by atoms with Crippen molar-refractivity contribution in [3.8, 4) is 0 Å². The minimum absolute atomic E-state index is 0.305. The van der Waals surface area contributed by atoms with Crippen LogP contribution in [0.15, 0.2) is 12.3 Å². The van der Waals surface area contributed by atoms with Gasteiger partial charge in [0.05, 0.1) is 11.7 Å². The maximum absolute atomic E-state index is 8.67. The van der Waals surface area contributed by atoms with E-state index < -0.39 is 0 Å². The van der Waals surface area contributed by atoms with E-state index in [9.17, 15) is 0 Å². The summed E-state index contributed by atoms with van der Waals surface area (Å²) < 4.78 is 2.09. The Hall–Kier alpha value is -0.870. The average Bonchev–Trinajstić information content (AvgIpc) is 2.84. The van der Waals surface area contributed by atoms with Crippen molar-refractivity contribution in [3.63, 3.8) is 0 Å². The van der Waals surface area contributed by atoms with Crippen molar-refractivity contribution < 1.29 is 5.11 Å². The number of rotatable bonds is 10. The zero-order valence-corrected chi connectivity index (χ0v) is 11.7. The van der Waals surface area contributed by atoms with Crippen molar-refractivity contribution in [1.29, 1.82) is 0 Å². The molecule has 104 valence electrons. The molecule has 4 heteroatoms. The lowest BCUT2D eigenvalue weighted by molar-refractivity contribution is 0.283. The number of unbranched alkanes of at least 4 members (excludes halogenated alkanes) is 2. The third kappa shape index (κ3) is 5.19. The molecule has 1 aromatic rings. The molecule has 0 amide bonds. The van der Waals surface area contributed by atoms with E-state index >= 15 is 0 Å². The minimum Gasteiger partial charge on any atom is -0.396 e. The molecule has 0 bridgehead atoms. The van der Waals surface area contributed by atoms with E-state index in [4.69, 9.17) is 5.11 Å². The quantitative estimate of drug-likeness (QED) is 0.630. The fraction of sp³-hybridized carbons (Fsp3) is 0.786. The molecule has 18 heavy (non-hydrogen) atoms. The van der Waals surface area contributed by atoms with E-state index in [0.717, 1.165) is 50.9 Å². The van der Waals surface area contributed by atoms with Crippen LogP contribution in [0.5, 0.6) is 0 Å². The van der Waals surface area contributed by atoms with Gasteiger partial charge in [-0.1, -0.05) is 13.8 Å². The summed E-state index contributed by atoms with van der Waals surface area (Å²) in [6.45, 7) is 6.55. The van der Waals surface area contributed by atoms with Crippen LogP contribution in [0.4, 0.5) is 0 Å². The lowest BCUT2D eigenvalue weighted by Gasteiger charge is -2.12. The molecule has 1 aromatic heterocycles. The normalized spacial score (nSPS) is 11.3. The van der Waals surface area contributed by atoms with Crippen LogP contribution in [0.1, 0.15) is 57.7 Å². The average molecular weight is 253 g/mol. The molecule has 0 aliphatic heterocycles. The Morgan fingerprint density at radius 3 is 2.72 bits per heavy atom. The minimum atomic E-state index is 0.305. The summed E-state index contributed by atoms with van der Waals surface area (Å²) in [4.78, 5) is 0. The molecule has 0 saturated carbocycles. The Bertz CT molecular complexity index is 308. The molecule has 0 spiro atoms. The molecule has 1 rings (SSSR count). The Labute approximate surface area is 110 Å². The highest BCUT2D eigenvalue weighted by molar-refractivity contribution is 4.99. The first-order valence-electron chi connectivity index (χ1n) is 7.17. The van der Waals surface area contributed by atoms with Gasteiger partial charge >= 0.3 is 0 Å². The summed E-state index contributed by atoms with van der Waals surface area (Å²) in [6.07, 6.45) is 7.46. The molecule has 0 radical (unpaired) electrons. The second-order valence-electron chi connectivity index (χ2n) is 4.72. The maximum atomic E-state index is 8.67. The maximum Gasteiger partial charge on any atom is 0.0762 e. The highest BCUT2D eigenvalue weighted by Crippen LogP contribution is 2.14. The zero-order chi connectivity index (χ0) is 13.2. The van der Waals surface area contributed by atoms with Gasteiger partial charge in [0.1, 0.15) is 0 Å². The zero-order valence-electron chi connectivity index (χ0n) is 11.7. The van der Waals surface area contributed by atoms with Crippen LogP contribution in [0.25, 0.3) is 0 Å². The molecule has 0 aliphatic rings. The van der Waals surface area contributed by atoms with Crippen LogP contribution in [0.3, 0.4) is 0 Å². The van der Waals surface area contributed by atoms with Crippen molar-refractivity contribution in [2.24, 2.45) is 0 Å². The van der Waals surface area contributed by atoms with Gasteiger partial charge in [0.2, 0.25) is 0 Å². The van der Waals surface area contributed by atoms with Gasteiger partial charge in [-0.15, -0.1) is 0 Å². The molecule has 0 unspecified atom stereocenters. The van der Waals surface area contributed by atoms with Gasteiger partial charge in [-0.3, -0.25) is 4.68 Å². The van der Waals surface area contributed by atoms with Gasteiger partial charge in [-0.2, -0.15) is 5.10 Å². The van der Waals surface area contributed by atoms with Crippen molar-refractivity contribution >= 4 is 0 Å².